The molecule has 130 valence electrons. The minimum Gasteiger partial charge on any atom is -0.378 e. The van der Waals surface area contributed by atoms with E-state index in [4.69, 9.17) is 5.41 Å². The number of amides is 1. The minimum absolute atomic E-state index is 0.0141. The maximum Gasteiger partial charge on any atom is 0.283 e. The van der Waals surface area contributed by atoms with E-state index < -0.39 is 15.7 Å². The van der Waals surface area contributed by atoms with Gasteiger partial charge in [-0.05, 0) is 23.8 Å². The van der Waals surface area contributed by atoms with Crippen LogP contribution in [0.15, 0.2) is 39.2 Å². The largest absolute Gasteiger partial charge is 0.378 e. The number of anilines is 1. The molecule has 0 bridgehead atoms. The van der Waals surface area contributed by atoms with Gasteiger partial charge in [0.05, 0.1) is 17.5 Å². The zero-order valence-electron chi connectivity index (χ0n) is 13.7. The van der Waals surface area contributed by atoms with Gasteiger partial charge in [-0.3, -0.25) is 10.2 Å². The Morgan fingerprint density at radius 1 is 1.24 bits per heavy atom. The van der Waals surface area contributed by atoms with E-state index in [1.165, 1.54) is 6.08 Å². The van der Waals surface area contributed by atoms with Crippen LogP contribution in [0.25, 0.3) is 6.08 Å². The van der Waals surface area contributed by atoms with Crippen LogP contribution in [-0.4, -0.2) is 55.7 Å². The molecular weight excluding hydrogens is 362 g/mol. The highest BCUT2D eigenvalue weighted by Crippen LogP contribution is 2.29. The van der Waals surface area contributed by atoms with Gasteiger partial charge >= 0.3 is 0 Å². The molecule has 1 aromatic carbocycles. The lowest BCUT2D eigenvalue weighted by Gasteiger charge is -2.23. The normalized spacial score (nSPS) is 19.0. The quantitative estimate of drug-likeness (QED) is 0.616. The third-order valence-electron chi connectivity index (χ3n) is 3.55. The number of sulfone groups is 1. The first-order chi connectivity index (χ1) is 11.7. The first-order valence-corrected chi connectivity index (χ1v) is 9.81. The molecule has 2 heterocycles. The van der Waals surface area contributed by atoms with Gasteiger partial charge in [-0.25, -0.2) is 13.3 Å². The smallest absolute Gasteiger partial charge is 0.283 e. The fraction of sp³-hybridized carbons (Fsp3) is 0.200. The van der Waals surface area contributed by atoms with Crippen LogP contribution in [0.5, 0.6) is 0 Å². The average Bonchev–Trinajstić information content (AvgIpc) is 2.96. The number of aliphatic imine (C=N–C) groups is 1. The second-order valence-corrected chi connectivity index (χ2v) is 8.30. The Labute approximate surface area is 149 Å². The summed E-state index contributed by atoms with van der Waals surface area (Å²) in [4.78, 5) is 19.1. The van der Waals surface area contributed by atoms with Crippen molar-refractivity contribution >= 4 is 55.6 Å². The highest BCUT2D eigenvalue weighted by Gasteiger charge is 2.41. The molecule has 0 aromatic heterocycles. The molecule has 0 saturated heterocycles. The molecule has 8 nitrogen and oxygen atoms in total. The van der Waals surface area contributed by atoms with E-state index in [1.54, 1.807) is 0 Å². The molecule has 3 rings (SSSR count). The Bertz CT molecular complexity index is 959. The molecule has 2 aliphatic rings. The van der Waals surface area contributed by atoms with Gasteiger partial charge in [0.1, 0.15) is 5.84 Å². The van der Waals surface area contributed by atoms with Crippen molar-refractivity contribution in [2.45, 2.75) is 0 Å². The van der Waals surface area contributed by atoms with Crippen LogP contribution < -0.4 is 4.90 Å². The van der Waals surface area contributed by atoms with Gasteiger partial charge in [-0.15, -0.1) is 0 Å². The van der Waals surface area contributed by atoms with E-state index in [0.29, 0.717) is 5.56 Å². The van der Waals surface area contributed by atoms with Crippen LogP contribution in [0, 0.1) is 5.41 Å². The van der Waals surface area contributed by atoms with Crippen LogP contribution in [0.3, 0.4) is 0 Å². The monoisotopic (exact) mass is 377 g/mol. The van der Waals surface area contributed by atoms with Crippen LogP contribution >= 0.6 is 11.9 Å². The third-order valence-corrected chi connectivity index (χ3v) is 5.30. The van der Waals surface area contributed by atoms with Gasteiger partial charge < -0.3 is 4.90 Å². The van der Waals surface area contributed by atoms with Crippen molar-refractivity contribution in [3.05, 3.63) is 35.4 Å². The molecule has 1 aromatic rings. The Morgan fingerprint density at radius 2 is 1.88 bits per heavy atom. The Morgan fingerprint density at radius 3 is 2.44 bits per heavy atom. The molecule has 0 spiro atoms. The van der Waals surface area contributed by atoms with Gasteiger partial charge in [0.2, 0.25) is 20.2 Å². The number of benzene rings is 1. The molecule has 10 heteroatoms. The molecule has 0 atom stereocenters. The lowest BCUT2D eigenvalue weighted by Crippen LogP contribution is -2.45. The van der Waals surface area contributed by atoms with E-state index in [-0.39, 0.29) is 21.7 Å². The number of rotatable bonds is 2. The minimum atomic E-state index is -3.65. The summed E-state index contributed by atoms with van der Waals surface area (Å²) < 4.78 is 27.5. The van der Waals surface area contributed by atoms with Gasteiger partial charge in [-0.1, -0.05) is 12.1 Å². The summed E-state index contributed by atoms with van der Waals surface area (Å²) in [5.41, 5.74) is 1.72. The van der Waals surface area contributed by atoms with Gasteiger partial charge in [-0.2, -0.15) is 9.39 Å². The SMILES string of the molecule is CN(C)c1ccc(/C=C2/C(=N)N3C(=NC2=O)SN=C3S(C)(=O)=O)cc1. The molecule has 2 aliphatic heterocycles. The number of carbonyl (C=O) groups is 1. The molecule has 0 saturated carbocycles. The summed E-state index contributed by atoms with van der Waals surface area (Å²) in [5.74, 6) is -0.841. The van der Waals surface area contributed by atoms with E-state index in [9.17, 15) is 13.2 Å². The molecule has 25 heavy (non-hydrogen) atoms. The first-order valence-electron chi connectivity index (χ1n) is 7.14. The molecule has 1 N–H and O–H groups in total. The number of hydrogen-bond acceptors (Lipinski definition) is 7. The Hall–Kier alpha value is -2.46. The van der Waals surface area contributed by atoms with E-state index in [1.807, 2.05) is 43.3 Å². The van der Waals surface area contributed by atoms with Crippen molar-refractivity contribution in [1.29, 1.82) is 5.41 Å². The van der Waals surface area contributed by atoms with Crippen molar-refractivity contribution in [3.63, 3.8) is 0 Å². The second-order valence-electron chi connectivity index (χ2n) is 5.66. The average molecular weight is 377 g/mol. The zero-order chi connectivity index (χ0) is 18.4. The van der Waals surface area contributed by atoms with Gasteiger partial charge in [0, 0.05) is 26.0 Å². The predicted molar refractivity (Wildman–Crippen MR) is 101 cm³/mol. The third kappa shape index (κ3) is 3.22. The van der Waals surface area contributed by atoms with Crippen molar-refractivity contribution in [3.8, 4) is 0 Å². The van der Waals surface area contributed by atoms with Gasteiger partial charge in [0.25, 0.3) is 5.91 Å². The lowest BCUT2D eigenvalue weighted by molar-refractivity contribution is -0.114. The fourth-order valence-electron chi connectivity index (χ4n) is 2.27. The summed E-state index contributed by atoms with van der Waals surface area (Å²) in [7, 11) is 0.190. The number of carbonyl (C=O) groups excluding carboxylic acids is 1. The Kier molecular flexibility index (Phi) is 4.25. The standard InChI is InChI=1S/C15H15N5O3S2/c1-19(2)10-6-4-9(5-7-10)8-11-12(16)20-14(17-13(11)21)24-18-15(20)25(3,22)23/h4-8,16H,1-3H3/b11-8-,16-12?. The summed E-state index contributed by atoms with van der Waals surface area (Å²) in [6, 6.07) is 7.39. The molecule has 1 amide bonds. The van der Waals surface area contributed by atoms with E-state index in [0.717, 1.165) is 28.8 Å². The number of nitrogens with zero attached hydrogens (tertiary/aromatic N) is 4. The van der Waals surface area contributed by atoms with Crippen LogP contribution in [-0.2, 0) is 14.6 Å². The highest BCUT2D eigenvalue weighted by atomic mass is 32.2. The molecular formula is C15H15N5O3S2. The maximum absolute atomic E-state index is 12.2. The van der Waals surface area contributed by atoms with Crippen LogP contribution in [0.2, 0.25) is 0 Å². The molecule has 0 unspecified atom stereocenters. The fourth-order valence-corrected chi connectivity index (χ4v) is 4.12. The number of hydrogen-bond donors (Lipinski definition) is 1. The van der Waals surface area contributed by atoms with Crippen molar-refractivity contribution in [2.75, 3.05) is 25.3 Å². The lowest BCUT2D eigenvalue weighted by atomic mass is 10.1. The Balaban J connectivity index is 1.99. The zero-order valence-corrected chi connectivity index (χ0v) is 15.3. The van der Waals surface area contributed by atoms with Crippen LogP contribution in [0.4, 0.5) is 5.69 Å². The molecule has 0 radical (unpaired) electrons. The first kappa shape index (κ1) is 17.4. The molecule has 0 aliphatic carbocycles. The van der Waals surface area contributed by atoms with Crippen molar-refractivity contribution in [2.24, 2.45) is 9.39 Å². The molecule has 0 fully saturated rings. The number of nitrogens with one attached hydrogen (secondary N) is 1. The summed E-state index contributed by atoms with van der Waals surface area (Å²) in [6.45, 7) is 0. The van der Waals surface area contributed by atoms with E-state index >= 15 is 0 Å². The van der Waals surface area contributed by atoms with Crippen LogP contribution in [0.1, 0.15) is 5.56 Å². The highest BCUT2D eigenvalue weighted by molar-refractivity contribution is 8.16. The predicted octanol–water partition coefficient (Wildman–Crippen LogP) is 1.37. The number of fused-ring (bicyclic) bond motifs is 1. The summed E-state index contributed by atoms with van der Waals surface area (Å²) in [6.07, 6.45) is 2.52. The number of amidine groups is 3. The summed E-state index contributed by atoms with van der Waals surface area (Å²) >= 11 is 0.773. The van der Waals surface area contributed by atoms with Crippen molar-refractivity contribution in [1.82, 2.24) is 4.90 Å². The summed E-state index contributed by atoms with van der Waals surface area (Å²) in [5, 5.41) is 8.05. The van der Waals surface area contributed by atoms with Crippen molar-refractivity contribution < 1.29 is 13.2 Å². The van der Waals surface area contributed by atoms with Gasteiger partial charge in [0.15, 0.2) is 0 Å². The second kappa shape index (κ2) is 6.12. The van der Waals surface area contributed by atoms with E-state index in [2.05, 4.69) is 9.39 Å². The maximum atomic E-state index is 12.2. The topological polar surface area (TPSA) is 106 Å².